The predicted molar refractivity (Wildman–Crippen MR) is 110 cm³/mol. The van der Waals surface area contributed by atoms with E-state index in [9.17, 15) is 14.4 Å². The third-order valence-electron chi connectivity index (χ3n) is 5.24. The van der Waals surface area contributed by atoms with Crippen LogP contribution in [0, 0.1) is 0 Å². The molecule has 6 heteroatoms. The van der Waals surface area contributed by atoms with Crippen molar-refractivity contribution in [1.82, 2.24) is 5.32 Å². The lowest BCUT2D eigenvalue weighted by Gasteiger charge is -2.26. The fourth-order valence-electron chi connectivity index (χ4n) is 3.90. The van der Waals surface area contributed by atoms with Gasteiger partial charge in [0.2, 0.25) is 17.7 Å². The molecule has 28 heavy (non-hydrogen) atoms. The highest BCUT2D eigenvalue weighted by Gasteiger charge is 2.40. The molecule has 1 aliphatic heterocycles. The Morgan fingerprint density at radius 3 is 2.64 bits per heavy atom. The number of nitrogens with zero attached hydrogens (tertiary/aromatic N) is 1. The lowest BCUT2D eigenvalue weighted by atomic mass is 9.88. The minimum Gasteiger partial charge on any atom is -0.349 e. The second-order valence-electron chi connectivity index (χ2n) is 7.12. The molecule has 5 nitrogen and oxygen atoms in total. The SMILES string of the molecule is O=C(CS[C@@H]1CC(=O)N(c2ccccc2)C1=O)N[C@H]1CCCc2ccccc21. The Kier molecular flexibility index (Phi) is 5.48. The Hall–Kier alpha value is -2.60. The molecule has 1 heterocycles. The Morgan fingerprint density at radius 1 is 1.07 bits per heavy atom. The molecule has 2 atom stereocenters. The predicted octanol–water partition coefficient (Wildman–Crippen LogP) is 3.25. The van der Waals surface area contributed by atoms with E-state index < -0.39 is 5.25 Å². The van der Waals surface area contributed by atoms with Gasteiger partial charge in [-0.1, -0.05) is 42.5 Å². The summed E-state index contributed by atoms with van der Waals surface area (Å²) in [6, 6.07) is 17.2. The average molecular weight is 394 g/mol. The van der Waals surface area contributed by atoms with Crippen molar-refractivity contribution in [3.63, 3.8) is 0 Å². The maximum absolute atomic E-state index is 12.6. The first-order chi connectivity index (χ1) is 13.6. The van der Waals surface area contributed by atoms with Crippen LogP contribution in [0.2, 0.25) is 0 Å². The number of carbonyl (C=O) groups is 3. The maximum atomic E-state index is 12.6. The van der Waals surface area contributed by atoms with Crippen molar-refractivity contribution in [2.75, 3.05) is 10.7 Å². The zero-order valence-corrected chi connectivity index (χ0v) is 16.3. The zero-order chi connectivity index (χ0) is 19.5. The molecule has 0 saturated carbocycles. The first-order valence-corrected chi connectivity index (χ1v) is 10.6. The van der Waals surface area contributed by atoms with Crippen molar-refractivity contribution in [1.29, 1.82) is 0 Å². The van der Waals surface area contributed by atoms with E-state index in [0.717, 1.165) is 19.3 Å². The van der Waals surface area contributed by atoms with Gasteiger partial charge in [0.25, 0.3) is 0 Å². The molecule has 2 aromatic rings. The minimum atomic E-state index is -0.503. The number of carbonyl (C=O) groups excluding carboxylic acids is 3. The molecule has 0 spiro atoms. The van der Waals surface area contributed by atoms with Gasteiger partial charge in [-0.3, -0.25) is 14.4 Å². The van der Waals surface area contributed by atoms with E-state index in [1.54, 1.807) is 24.3 Å². The van der Waals surface area contributed by atoms with Gasteiger partial charge in [0.05, 0.1) is 22.7 Å². The lowest BCUT2D eigenvalue weighted by molar-refractivity contribution is -0.121. The maximum Gasteiger partial charge on any atom is 0.247 e. The van der Waals surface area contributed by atoms with Gasteiger partial charge in [-0.05, 0) is 42.5 Å². The second-order valence-corrected chi connectivity index (χ2v) is 8.31. The molecule has 144 valence electrons. The molecule has 0 aromatic heterocycles. The summed E-state index contributed by atoms with van der Waals surface area (Å²) in [5, 5.41) is 2.60. The number of para-hydroxylation sites is 1. The summed E-state index contributed by atoms with van der Waals surface area (Å²) < 4.78 is 0. The summed E-state index contributed by atoms with van der Waals surface area (Å²) in [7, 11) is 0. The molecule has 1 N–H and O–H groups in total. The van der Waals surface area contributed by atoms with Crippen molar-refractivity contribution >= 4 is 35.2 Å². The van der Waals surface area contributed by atoms with Crippen LogP contribution in [0.25, 0.3) is 0 Å². The Balaban J connectivity index is 1.35. The number of thioether (sulfide) groups is 1. The zero-order valence-electron chi connectivity index (χ0n) is 15.5. The van der Waals surface area contributed by atoms with E-state index >= 15 is 0 Å². The monoisotopic (exact) mass is 394 g/mol. The Labute approximate surface area is 168 Å². The van der Waals surface area contributed by atoms with E-state index in [-0.39, 0.29) is 35.9 Å². The van der Waals surface area contributed by atoms with Crippen molar-refractivity contribution in [2.45, 2.75) is 37.0 Å². The minimum absolute atomic E-state index is 0.0276. The number of nitrogens with one attached hydrogen (secondary N) is 1. The number of benzene rings is 2. The van der Waals surface area contributed by atoms with Gasteiger partial charge in [-0.15, -0.1) is 11.8 Å². The first kappa shape index (κ1) is 18.7. The second kappa shape index (κ2) is 8.19. The fourth-order valence-corrected chi connectivity index (χ4v) is 4.84. The van der Waals surface area contributed by atoms with Gasteiger partial charge in [-0.25, -0.2) is 4.90 Å². The number of aryl methyl sites for hydroxylation is 1. The lowest BCUT2D eigenvalue weighted by Crippen LogP contribution is -2.34. The van der Waals surface area contributed by atoms with Crippen LogP contribution < -0.4 is 10.2 Å². The summed E-state index contributed by atoms with van der Waals surface area (Å²) in [4.78, 5) is 38.6. The summed E-state index contributed by atoms with van der Waals surface area (Å²) in [5.74, 6) is -0.372. The molecule has 0 bridgehead atoms. The molecule has 1 saturated heterocycles. The molecular weight excluding hydrogens is 372 g/mol. The standard InChI is InChI=1S/C22H22N2O3S/c25-20(23-18-12-6-8-15-7-4-5-11-17(15)18)14-28-19-13-21(26)24(22(19)27)16-9-2-1-3-10-16/h1-5,7,9-11,18-19H,6,8,12-14H2,(H,23,25)/t18-,19+/m0/s1. The topological polar surface area (TPSA) is 66.5 Å². The van der Waals surface area contributed by atoms with E-state index in [0.29, 0.717) is 5.69 Å². The van der Waals surface area contributed by atoms with E-state index in [1.807, 2.05) is 18.2 Å². The summed E-state index contributed by atoms with van der Waals surface area (Å²) in [6.07, 6.45) is 3.16. The molecule has 4 rings (SSSR count). The number of rotatable bonds is 5. The third kappa shape index (κ3) is 3.83. The third-order valence-corrected chi connectivity index (χ3v) is 6.44. The van der Waals surface area contributed by atoms with Crippen LogP contribution in [-0.4, -0.2) is 28.7 Å². The molecule has 0 radical (unpaired) electrons. The van der Waals surface area contributed by atoms with E-state index in [4.69, 9.17) is 0 Å². The van der Waals surface area contributed by atoms with Crippen LogP contribution in [0.5, 0.6) is 0 Å². The largest absolute Gasteiger partial charge is 0.349 e. The van der Waals surface area contributed by atoms with Gasteiger partial charge in [0.1, 0.15) is 0 Å². The van der Waals surface area contributed by atoms with Crippen LogP contribution in [-0.2, 0) is 20.8 Å². The number of hydrogen-bond donors (Lipinski definition) is 1. The van der Waals surface area contributed by atoms with Gasteiger partial charge in [-0.2, -0.15) is 0 Å². The fraction of sp³-hybridized carbons (Fsp3) is 0.318. The molecule has 0 unspecified atom stereocenters. The summed E-state index contributed by atoms with van der Waals surface area (Å²) in [6.45, 7) is 0. The molecule has 2 aliphatic rings. The van der Waals surface area contributed by atoms with Crippen LogP contribution in [0.15, 0.2) is 54.6 Å². The van der Waals surface area contributed by atoms with Gasteiger partial charge in [0.15, 0.2) is 0 Å². The molecule has 2 aromatic carbocycles. The number of imide groups is 1. The Bertz CT molecular complexity index is 900. The number of amides is 3. The van der Waals surface area contributed by atoms with E-state index in [1.165, 1.54) is 27.8 Å². The van der Waals surface area contributed by atoms with Crippen molar-refractivity contribution < 1.29 is 14.4 Å². The smallest absolute Gasteiger partial charge is 0.247 e. The highest BCUT2D eigenvalue weighted by molar-refractivity contribution is 8.01. The van der Waals surface area contributed by atoms with Gasteiger partial charge >= 0.3 is 0 Å². The highest BCUT2D eigenvalue weighted by atomic mass is 32.2. The van der Waals surface area contributed by atoms with Crippen molar-refractivity contribution in [3.05, 3.63) is 65.7 Å². The molecule has 1 fully saturated rings. The van der Waals surface area contributed by atoms with Crippen LogP contribution in [0.3, 0.4) is 0 Å². The van der Waals surface area contributed by atoms with Crippen molar-refractivity contribution in [3.8, 4) is 0 Å². The number of hydrogen-bond acceptors (Lipinski definition) is 4. The normalized spacial score (nSPS) is 21.5. The number of anilines is 1. The Morgan fingerprint density at radius 2 is 1.82 bits per heavy atom. The summed E-state index contributed by atoms with van der Waals surface area (Å²) in [5.41, 5.74) is 3.07. The van der Waals surface area contributed by atoms with Gasteiger partial charge in [0, 0.05) is 6.42 Å². The summed E-state index contributed by atoms with van der Waals surface area (Å²) >= 11 is 1.25. The van der Waals surface area contributed by atoms with Crippen LogP contribution in [0.4, 0.5) is 5.69 Å². The number of fused-ring (bicyclic) bond motifs is 1. The highest BCUT2D eigenvalue weighted by Crippen LogP contribution is 2.31. The molecule has 1 aliphatic carbocycles. The van der Waals surface area contributed by atoms with Crippen LogP contribution in [0.1, 0.15) is 36.4 Å². The van der Waals surface area contributed by atoms with Crippen molar-refractivity contribution in [2.24, 2.45) is 0 Å². The first-order valence-electron chi connectivity index (χ1n) is 9.54. The average Bonchev–Trinajstić information content (AvgIpc) is 3.00. The van der Waals surface area contributed by atoms with Crippen LogP contribution >= 0.6 is 11.8 Å². The van der Waals surface area contributed by atoms with Gasteiger partial charge < -0.3 is 5.32 Å². The molecular formula is C22H22N2O3S. The molecule has 3 amide bonds. The quantitative estimate of drug-likeness (QED) is 0.791. The van der Waals surface area contributed by atoms with E-state index in [2.05, 4.69) is 17.4 Å².